The maximum atomic E-state index is 4.15. The summed E-state index contributed by atoms with van der Waals surface area (Å²) in [5.74, 6) is 0. The van der Waals surface area contributed by atoms with Gasteiger partial charge in [-0.1, -0.05) is 0 Å². The van der Waals surface area contributed by atoms with Crippen molar-refractivity contribution in [1.29, 1.82) is 0 Å². The number of fused-ring (bicyclic) bond motifs is 1. The molecule has 12 heavy (non-hydrogen) atoms. The molecule has 1 saturated carbocycles. The summed E-state index contributed by atoms with van der Waals surface area (Å²) in [6, 6.07) is 4.63. The van der Waals surface area contributed by atoms with Crippen LogP contribution in [-0.4, -0.2) is 14.5 Å². The molecule has 0 N–H and O–H groups in total. The summed E-state index contributed by atoms with van der Waals surface area (Å²) in [6.45, 7) is 0. The summed E-state index contributed by atoms with van der Waals surface area (Å²) >= 11 is 0. The molecule has 1 fully saturated rings. The number of pyridine rings is 1. The van der Waals surface area contributed by atoms with Gasteiger partial charge < -0.3 is 4.57 Å². The Morgan fingerprint density at radius 1 is 1.50 bits per heavy atom. The van der Waals surface area contributed by atoms with Gasteiger partial charge in [0.2, 0.25) is 0 Å². The quantitative estimate of drug-likeness (QED) is 0.630. The van der Waals surface area contributed by atoms with Crippen molar-refractivity contribution in [2.45, 2.75) is 18.9 Å². The summed E-state index contributed by atoms with van der Waals surface area (Å²) in [4.78, 5) is 8.26. The van der Waals surface area contributed by atoms with Crippen LogP contribution in [0.15, 0.2) is 18.3 Å². The van der Waals surface area contributed by atoms with Crippen molar-refractivity contribution >= 4 is 11.2 Å². The molecular weight excluding hydrogens is 150 g/mol. The average molecular weight is 158 g/mol. The van der Waals surface area contributed by atoms with Crippen molar-refractivity contribution in [3.8, 4) is 0 Å². The Morgan fingerprint density at radius 2 is 2.42 bits per heavy atom. The lowest BCUT2D eigenvalue weighted by atomic mass is 10.4. The summed E-state index contributed by atoms with van der Waals surface area (Å²) in [6.07, 6.45) is 7.27. The first kappa shape index (κ1) is 6.17. The second kappa shape index (κ2) is 2.06. The minimum Gasteiger partial charge on any atom is -0.317 e. The molecule has 3 nitrogen and oxygen atoms in total. The standard InChI is InChI=1S/C9H8N3/c1-2-8-9(10-5-1)11-6-12(8)7-3-4-7/h1-2,5,7H,3-4H2. The average Bonchev–Trinajstić information content (AvgIpc) is 2.86. The molecule has 0 saturated heterocycles. The van der Waals surface area contributed by atoms with Crippen LogP contribution in [0.3, 0.4) is 0 Å². The highest BCUT2D eigenvalue weighted by Gasteiger charge is 2.25. The first-order chi connectivity index (χ1) is 5.95. The molecule has 1 radical (unpaired) electrons. The van der Waals surface area contributed by atoms with E-state index in [1.807, 2.05) is 12.1 Å². The van der Waals surface area contributed by atoms with Crippen LogP contribution in [0, 0.1) is 6.33 Å². The van der Waals surface area contributed by atoms with Gasteiger partial charge in [0, 0.05) is 12.2 Å². The van der Waals surface area contributed by atoms with E-state index in [2.05, 4.69) is 20.9 Å². The molecule has 1 aliphatic rings. The first-order valence-electron chi connectivity index (χ1n) is 4.16. The Bertz CT molecular complexity index is 414. The number of imidazole rings is 1. The molecule has 2 aromatic heterocycles. The zero-order valence-corrected chi connectivity index (χ0v) is 6.57. The fraction of sp³-hybridized carbons (Fsp3) is 0.333. The van der Waals surface area contributed by atoms with Gasteiger partial charge in [0.25, 0.3) is 0 Å². The Hall–Kier alpha value is -1.38. The van der Waals surface area contributed by atoms with Gasteiger partial charge in [0.05, 0.1) is 5.52 Å². The lowest BCUT2D eigenvalue weighted by Crippen LogP contribution is -1.90. The van der Waals surface area contributed by atoms with Crippen LogP contribution in [0.2, 0.25) is 0 Å². The lowest BCUT2D eigenvalue weighted by Gasteiger charge is -1.97. The van der Waals surface area contributed by atoms with Crippen LogP contribution in [0.25, 0.3) is 11.2 Å². The zero-order valence-electron chi connectivity index (χ0n) is 6.57. The van der Waals surface area contributed by atoms with E-state index >= 15 is 0 Å². The molecular formula is C9H8N3. The minimum absolute atomic E-state index is 0.638. The topological polar surface area (TPSA) is 30.7 Å². The molecule has 1 aliphatic carbocycles. The van der Waals surface area contributed by atoms with Gasteiger partial charge in [0.15, 0.2) is 12.0 Å². The van der Waals surface area contributed by atoms with Gasteiger partial charge in [-0.05, 0) is 25.0 Å². The smallest absolute Gasteiger partial charge is 0.179 e. The maximum absolute atomic E-state index is 4.15. The highest BCUT2D eigenvalue weighted by Crippen LogP contribution is 2.36. The number of hydrogen-bond donors (Lipinski definition) is 0. The van der Waals surface area contributed by atoms with Gasteiger partial charge in [-0.15, -0.1) is 0 Å². The number of aromatic nitrogens is 3. The van der Waals surface area contributed by atoms with E-state index in [1.165, 1.54) is 12.8 Å². The number of nitrogens with zero attached hydrogens (tertiary/aromatic N) is 3. The lowest BCUT2D eigenvalue weighted by molar-refractivity contribution is 0.759. The normalized spacial score (nSPS) is 17.0. The van der Waals surface area contributed by atoms with Crippen LogP contribution >= 0.6 is 0 Å². The molecule has 3 heteroatoms. The maximum Gasteiger partial charge on any atom is 0.179 e. The molecule has 0 aromatic carbocycles. The zero-order chi connectivity index (χ0) is 7.97. The van der Waals surface area contributed by atoms with Crippen LogP contribution in [-0.2, 0) is 0 Å². The van der Waals surface area contributed by atoms with Crippen molar-refractivity contribution in [1.82, 2.24) is 14.5 Å². The highest BCUT2D eigenvalue weighted by atomic mass is 15.1. The third-order valence-corrected chi connectivity index (χ3v) is 2.20. The number of rotatable bonds is 1. The molecule has 3 rings (SSSR count). The highest BCUT2D eigenvalue weighted by molar-refractivity contribution is 5.70. The van der Waals surface area contributed by atoms with Crippen LogP contribution in [0.1, 0.15) is 18.9 Å². The predicted octanol–water partition coefficient (Wildman–Crippen LogP) is 1.57. The second-order valence-corrected chi connectivity index (χ2v) is 3.16. The van der Waals surface area contributed by atoms with Gasteiger partial charge in [0.1, 0.15) is 0 Å². The summed E-state index contributed by atoms with van der Waals surface area (Å²) in [5, 5.41) is 0. The SMILES string of the molecule is [c]1nc2ncccc2n1C1CC1. The number of hydrogen-bond acceptors (Lipinski definition) is 2. The van der Waals surface area contributed by atoms with Gasteiger partial charge in [-0.2, -0.15) is 0 Å². The first-order valence-corrected chi connectivity index (χ1v) is 4.16. The Labute approximate surface area is 70.1 Å². The third-order valence-electron chi connectivity index (χ3n) is 2.20. The van der Waals surface area contributed by atoms with E-state index in [1.54, 1.807) is 6.20 Å². The molecule has 2 heterocycles. The van der Waals surface area contributed by atoms with Gasteiger partial charge >= 0.3 is 0 Å². The van der Waals surface area contributed by atoms with Crippen molar-refractivity contribution in [2.75, 3.05) is 0 Å². The molecule has 0 aliphatic heterocycles. The fourth-order valence-corrected chi connectivity index (χ4v) is 1.43. The van der Waals surface area contributed by atoms with Crippen LogP contribution in [0.4, 0.5) is 0 Å². The second-order valence-electron chi connectivity index (χ2n) is 3.16. The van der Waals surface area contributed by atoms with Crippen molar-refractivity contribution in [2.24, 2.45) is 0 Å². The third kappa shape index (κ3) is 0.763. The van der Waals surface area contributed by atoms with E-state index in [0.717, 1.165) is 11.2 Å². The van der Waals surface area contributed by atoms with Gasteiger partial charge in [-0.25, -0.2) is 9.97 Å². The fourth-order valence-electron chi connectivity index (χ4n) is 1.43. The van der Waals surface area contributed by atoms with E-state index in [-0.39, 0.29) is 0 Å². The monoisotopic (exact) mass is 158 g/mol. The molecule has 2 aromatic rings. The summed E-state index contributed by atoms with van der Waals surface area (Å²) in [5.41, 5.74) is 1.92. The van der Waals surface area contributed by atoms with Crippen molar-refractivity contribution < 1.29 is 0 Å². The van der Waals surface area contributed by atoms with Gasteiger partial charge in [-0.3, -0.25) is 0 Å². The molecule has 0 bridgehead atoms. The molecule has 0 spiro atoms. The van der Waals surface area contributed by atoms with Crippen LogP contribution < -0.4 is 0 Å². The van der Waals surface area contributed by atoms with E-state index in [0.29, 0.717) is 6.04 Å². The summed E-state index contributed by atoms with van der Waals surface area (Å²) in [7, 11) is 0. The van der Waals surface area contributed by atoms with Crippen LogP contribution in [0.5, 0.6) is 0 Å². The predicted molar refractivity (Wildman–Crippen MR) is 44.6 cm³/mol. The Morgan fingerprint density at radius 3 is 3.25 bits per heavy atom. The van der Waals surface area contributed by atoms with E-state index in [9.17, 15) is 0 Å². The largest absolute Gasteiger partial charge is 0.317 e. The molecule has 0 unspecified atom stereocenters. The van der Waals surface area contributed by atoms with E-state index < -0.39 is 0 Å². The molecule has 0 amide bonds. The molecule has 59 valence electrons. The molecule has 0 atom stereocenters. The Kier molecular flexibility index (Phi) is 1.06. The Balaban J connectivity index is 2.30. The van der Waals surface area contributed by atoms with E-state index in [4.69, 9.17) is 0 Å². The summed E-state index contributed by atoms with van der Waals surface area (Å²) < 4.78 is 2.10. The van der Waals surface area contributed by atoms with Crippen molar-refractivity contribution in [3.05, 3.63) is 24.7 Å². The minimum atomic E-state index is 0.638. The van der Waals surface area contributed by atoms with Crippen molar-refractivity contribution in [3.63, 3.8) is 0 Å².